The Bertz CT molecular complexity index is 5470. The minimum absolute atomic E-state index is 0.0498. The van der Waals surface area contributed by atoms with E-state index in [0.29, 0.717) is 33.2 Å². The van der Waals surface area contributed by atoms with Crippen LogP contribution in [0.5, 0.6) is 0 Å². The Labute approximate surface area is 565 Å². The monoisotopic (exact) mass is 1270 g/mol. The van der Waals surface area contributed by atoms with Crippen molar-refractivity contribution in [2.45, 2.75) is 140 Å². The van der Waals surface area contributed by atoms with E-state index in [1.807, 2.05) is 0 Å². The molecule has 0 fully saturated rings. The van der Waals surface area contributed by atoms with E-state index < -0.39 is 16.1 Å². The lowest BCUT2D eigenvalue weighted by molar-refractivity contribution is 0.759. The predicted octanol–water partition coefficient (Wildman–Crippen LogP) is 23.5. The van der Waals surface area contributed by atoms with Gasteiger partial charge >= 0.3 is 0 Å². The minimum atomic E-state index is -2.45. The lowest BCUT2D eigenvalue weighted by atomic mass is 9.59. The number of nitrogens with zero attached hydrogens (tertiary/aromatic N) is 4. The van der Waals surface area contributed by atoms with E-state index in [4.69, 9.17) is 4.85 Å². The average Bonchev–Trinajstić information content (AvgIpc) is 1.44. The molecule has 6 aliphatic rings. The van der Waals surface area contributed by atoms with Crippen molar-refractivity contribution in [1.29, 1.82) is 5.26 Å². The van der Waals surface area contributed by atoms with Crippen molar-refractivity contribution in [3.63, 3.8) is 0 Å². The molecule has 0 N–H and O–H groups in total. The van der Waals surface area contributed by atoms with Crippen LogP contribution >= 0.6 is 0 Å². The SMILES string of the molecule is [C-]#[N+]c1cc2c(c3c1C1c4ccccc4C3c3ccccc31)c1cc([Si](C(C)C)(C(C)C)C(C)C)cc3c4c(-c5ccccc5)c5c(c(-c6ccccc6)c4n2c13)c1cc([Si](C(C)C)(C(C)C)C(C)C)cc2c3c4c(c(C#N)cc3n5c21)C1c2ccccc2C4c2ccccc21. The fourth-order valence-electron chi connectivity index (χ4n) is 23.0. The molecule has 0 unspecified atom stereocenters. The van der Waals surface area contributed by atoms with Crippen LogP contribution < -0.4 is 10.4 Å². The van der Waals surface area contributed by atoms with Gasteiger partial charge in [0.2, 0.25) is 0 Å². The highest BCUT2D eigenvalue weighted by Crippen LogP contribution is 2.65. The maximum Gasteiger partial charge on any atom is 0.193 e. The third kappa shape index (κ3) is 6.78. The molecular weight excluding hydrogens is 1190 g/mol. The molecule has 11 aromatic carbocycles. The van der Waals surface area contributed by atoms with Gasteiger partial charge in [-0.15, -0.1) is 0 Å². The van der Waals surface area contributed by atoms with Crippen LogP contribution in [0.2, 0.25) is 33.2 Å². The van der Waals surface area contributed by atoms with Gasteiger partial charge < -0.3 is 8.80 Å². The molecule has 4 bridgehead atoms. The fourth-order valence-corrected chi connectivity index (χ4v) is 36.5. The van der Waals surface area contributed by atoms with Crippen LogP contribution in [0.15, 0.2) is 194 Å². The summed E-state index contributed by atoms with van der Waals surface area (Å²) >= 11 is 0. The number of nitriles is 1. The van der Waals surface area contributed by atoms with Crippen molar-refractivity contribution in [1.82, 2.24) is 8.80 Å². The Kier molecular flexibility index (Phi) is 12.1. The Morgan fingerprint density at radius 1 is 0.354 bits per heavy atom. The lowest BCUT2D eigenvalue weighted by Crippen LogP contribution is -2.55. The third-order valence-corrected chi connectivity index (χ3v) is 39.6. The van der Waals surface area contributed by atoms with E-state index in [1.165, 1.54) is 165 Å². The summed E-state index contributed by atoms with van der Waals surface area (Å²) in [6.07, 6.45) is 0. The van der Waals surface area contributed by atoms with E-state index in [0.717, 1.165) is 22.3 Å². The van der Waals surface area contributed by atoms with Gasteiger partial charge in [-0.2, -0.15) is 5.26 Å². The third-order valence-electron chi connectivity index (χ3n) is 25.6. The molecule has 6 heteroatoms. The molecular formula is C90H78N4Si2. The number of benzene rings is 11. The summed E-state index contributed by atoms with van der Waals surface area (Å²) in [5.74, 6) is -0.233. The Hall–Kier alpha value is -9.57. The van der Waals surface area contributed by atoms with E-state index in [2.05, 4.69) is 292 Å². The highest BCUT2D eigenvalue weighted by Gasteiger charge is 2.51. The van der Waals surface area contributed by atoms with Gasteiger partial charge in [0.1, 0.15) is 0 Å². The second kappa shape index (κ2) is 20.0. The van der Waals surface area contributed by atoms with Crippen molar-refractivity contribution in [3.05, 3.63) is 278 Å². The quantitative estimate of drug-likeness (QED) is 0.0993. The molecule has 0 atom stereocenters. The van der Waals surface area contributed by atoms with Gasteiger partial charge in [-0.05, 0) is 123 Å². The summed E-state index contributed by atoms with van der Waals surface area (Å²) in [6, 6.07) is 78.0. The zero-order valence-corrected chi connectivity index (χ0v) is 59.0. The number of fused-ring (bicyclic) bond motifs is 12. The first-order valence-corrected chi connectivity index (χ1v) is 39.9. The molecule has 96 heavy (non-hydrogen) atoms. The zero-order chi connectivity index (χ0) is 65.6. The highest BCUT2D eigenvalue weighted by molar-refractivity contribution is 6.96. The van der Waals surface area contributed by atoms with Crippen LogP contribution in [-0.4, -0.2) is 24.9 Å². The molecule has 0 aliphatic heterocycles. The Morgan fingerprint density at radius 3 is 0.969 bits per heavy atom. The van der Waals surface area contributed by atoms with Crippen LogP contribution in [0, 0.1) is 17.9 Å². The van der Waals surface area contributed by atoms with Gasteiger partial charge in [0, 0.05) is 83.4 Å². The first-order valence-electron chi connectivity index (χ1n) is 35.5. The molecule has 466 valence electrons. The van der Waals surface area contributed by atoms with Gasteiger partial charge in [0.05, 0.1) is 61.9 Å². The molecule has 0 radical (unpaired) electrons. The molecule has 0 saturated carbocycles. The largest absolute Gasteiger partial charge is 0.309 e. The lowest BCUT2D eigenvalue weighted by Gasteiger charge is -2.44. The topological polar surface area (TPSA) is 37.0 Å². The molecule has 15 aromatic rings. The molecule has 4 nitrogen and oxygen atoms in total. The molecule has 21 rings (SSSR count). The highest BCUT2D eigenvalue weighted by atomic mass is 28.3. The number of hydrogen-bond acceptors (Lipinski definition) is 1. The summed E-state index contributed by atoms with van der Waals surface area (Å²) in [4.78, 5) is 4.70. The summed E-state index contributed by atoms with van der Waals surface area (Å²) < 4.78 is 5.42. The predicted molar refractivity (Wildman–Crippen MR) is 409 cm³/mol. The standard InChI is InChI=1S/C90H78N4Si2/c1-47(2)95(48(3)4,49(5)6)56-41-66-80-71(40-55(46-91)73-76-58-32-20-24-36-62(58)78(85(73)80)63-37-25-21-33-59(63)76)93-87(66)68(43-56)82-75(54-30-18-15-19-31-54)90-83(74(89(82)93)53-28-16-14-17-29-53)69-44-57(96(50(7)8,51(9)10)52(11)12)42-67-81-72(94(90)88(67)69)45-70(92-13)84-77-60-34-22-26-38-64(60)79(86(81)84)65-39-27-23-35-61(65)77/h14-45,47-52,76-79H,1-12H3. The Morgan fingerprint density at radius 2 is 0.646 bits per heavy atom. The van der Waals surface area contributed by atoms with Crippen LogP contribution in [-0.2, 0) is 0 Å². The number of rotatable bonds is 10. The van der Waals surface area contributed by atoms with Gasteiger partial charge in [-0.1, -0.05) is 275 Å². The smallest absolute Gasteiger partial charge is 0.193 e. The average molecular weight is 1270 g/mol. The van der Waals surface area contributed by atoms with Crippen LogP contribution in [0.3, 0.4) is 0 Å². The van der Waals surface area contributed by atoms with Crippen LogP contribution in [0.25, 0.3) is 103 Å². The first-order chi connectivity index (χ1) is 46.6. The maximum atomic E-state index is 12.0. The van der Waals surface area contributed by atoms with Crippen molar-refractivity contribution in [3.8, 4) is 28.3 Å². The van der Waals surface area contributed by atoms with Crippen molar-refractivity contribution in [2.75, 3.05) is 0 Å². The first kappa shape index (κ1) is 57.8. The van der Waals surface area contributed by atoms with Gasteiger partial charge in [0.15, 0.2) is 5.69 Å². The normalized spacial score (nSPS) is 17.1. The minimum Gasteiger partial charge on any atom is -0.309 e. The molecule has 0 saturated heterocycles. The summed E-state index contributed by atoms with van der Waals surface area (Å²) in [7, 11) is -4.90. The number of aromatic nitrogens is 2. The summed E-state index contributed by atoms with van der Waals surface area (Å²) in [5, 5.41) is 25.3. The fraction of sp³-hybridized carbons (Fsp3) is 0.244. The van der Waals surface area contributed by atoms with Gasteiger partial charge in [0.25, 0.3) is 0 Å². The van der Waals surface area contributed by atoms with Crippen LogP contribution in [0.1, 0.15) is 179 Å². The van der Waals surface area contributed by atoms with Crippen molar-refractivity contribution < 1.29 is 0 Å². The van der Waals surface area contributed by atoms with Gasteiger partial charge in [-0.25, -0.2) is 4.85 Å². The Balaban J connectivity index is 1.11. The maximum absolute atomic E-state index is 12.0. The molecule has 6 aliphatic carbocycles. The van der Waals surface area contributed by atoms with Crippen molar-refractivity contribution >= 4 is 108 Å². The van der Waals surface area contributed by atoms with Crippen molar-refractivity contribution in [2.24, 2.45) is 0 Å². The number of hydrogen-bond donors (Lipinski definition) is 0. The second-order valence-corrected chi connectivity index (χ2v) is 42.8. The molecule has 0 spiro atoms. The van der Waals surface area contributed by atoms with Crippen LogP contribution in [0.4, 0.5) is 5.69 Å². The molecule has 4 aromatic heterocycles. The molecule has 0 amide bonds. The molecule has 4 heterocycles. The second-order valence-electron chi connectivity index (χ2n) is 31.0. The van der Waals surface area contributed by atoms with E-state index in [9.17, 15) is 11.8 Å². The van der Waals surface area contributed by atoms with E-state index in [-0.39, 0.29) is 23.7 Å². The van der Waals surface area contributed by atoms with E-state index >= 15 is 0 Å². The zero-order valence-electron chi connectivity index (χ0n) is 57.0. The summed E-state index contributed by atoms with van der Waals surface area (Å²) in [5.41, 5.74) is 31.8. The summed E-state index contributed by atoms with van der Waals surface area (Å²) in [6.45, 7) is 39.8. The van der Waals surface area contributed by atoms with E-state index in [1.54, 1.807) is 0 Å². The van der Waals surface area contributed by atoms with Gasteiger partial charge in [-0.3, -0.25) is 0 Å².